The smallest absolute Gasteiger partial charge is 0.191 e. The fourth-order valence-corrected chi connectivity index (χ4v) is 3.20. The van der Waals surface area contributed by atoms with E-state index in [4.69, 9.17) is 19.2 Å². The maximum Gasteiger partial charge on any atom is 0.191 e. The van der Waals surface area contributed by atoms with E-state index in [9.17, 15) is 0 Å². The van der Waals surface area contributed by atoms with E-state index in [2.05, 4.69) is 23.6 Å². The lowest BCUT2D eigenvalue weighted by molar-refractivity contribution is 0.347. The highest BCUT2D eigenvalue weighted by Crippen LogP contribution is 2.34. The van der Waals surface area contributed by atoms with E-state index in [0.29, 0.717) is 18.0 Å². The fourth-order valence-electron chi connectivity index (χ4n) is 3.20. The largest absolute Gasteiger partial charge is 0.496 e. The Hall–Kier alpha value is -2.37. The summed E-state index contributed by atoms with van der Waals surface area (Å²) in [4.78, 5) is 4.70. The van der Waals surface area contributed by atoms with Gasteiger partial charge in [-0.2, -0.15) is 0 Å². The molecular formula is C21H33N3O3. The number of methoxy groups -OCH3 is 3. The number of guanidine groups is 1. The molecule has 0 bridgehead atoms. The Labute approximate surface area is 163 Å². The molecule has 0 radical (unpaired) electrons. The minimum absolute atomic E-state index is 0.488. The predicted molar refractivity (Wildman–Crippen MR) is 110 cm³/mol. The monoisotopic (exact) mass is 375 g/mol. The van der Waals surface area contributed by atoms with Gasteiger partial charge >= 0.3 is 0 Å². The Balaban J connectivity index is 2.03. The van der Waals surface area contributed by atoms with Gasteiger partial charge in [0.15, 0.2) is 17.5 Å². The Morgan fingerprint density at radius 1 is 1.00 bits per heavy atom. The molecule has 1 aromatic carbocycles. The molecular weight excluding hydrogens is 342 g/mol. The van der Waals surface area contributed by atoms with E-state index in [-0.39, 0.29) is 0 Å². The van der Waals surface area contributed by atoms with E-state index in [1.807, 2.05) is 12.1 Å². The minimum atomic E-state index is 0.488. The van der Waals surface area contributed by atoms with Gasteiger partial charge in [-0.05, 0) is 45.1 Å². The van der Waals surface area contributed by atoms with Gasteiger partial charge in [0.25, 0.3) is 0 Å². The standard InChI is InChI=1S/C21H33N3O3/c1-5-22-21(23-12-11-16-9-7-6-8-10-16)24-15-17-13-19(26-3)20(27-4)14-18(17)25-2/h9,13-14H,5-8,10-12,15H2,1-4H3,(H2,22,23,24). The second-order valence-corrected chi connectivity index (χ2v) is 6.50. The fraction of sp³-hybridized carbons (Fsp3) is 0.571. The van der Waals surface area contributed by atoms with E-state index in [0.717, 1.165) is 36.8 Å². The molecule has 0 unspecified atom stereocenters. The maximum atomic E-state index is 5.49. The zero-order valence-corrected chi connectivity index (χ0v) is 17.1. The summed E-state index contributed by atoms with van der Waals surface area (Å²) in [5, 5.41) is 6.73. The molecule has 0 aromatic heterocycles. The first-order valence-electron chi connectivity index (χ1n) is 9.70. The molecule has 6 heteroatoms. The number of ether oxygens (including phenoxy) is 3. The second-order valence-electron chi connectivity index (χ2n) is 6.50. The molecule has 1 aliphatic rings. The summed E-state index contributed by atoms with van der Waals surface area (Å²) in [5.41, 5.74) is 2.51. The first-order chi connectivity index (χ1) is 13.2. The van der Waals surface area contributed by atoms with Crippen LogP contribution in [0.3, 0.4) is 0 Å². The van der Waals surface area contributed by atoms with Gasteiger partial charge in [0, 0.05) is 24.7 Å². The predicted octanol–water partition coefficient (Wildman–Crippen LogP) is 3.66. The van der Waals surface area contributed by atoms with Gasteiger partial charge in [0.2, 0.25) is 0 Å². The van der Waals surface area contributed by atoms with Crippen LogP contribution in [0.5, 0.6) is 17.2 Å². The third-order valence-corrected chi connectivity index (χ3v) is 4.66. The van der Waals surface area contributed by atoms with Gasteiger partial charge in [-0.15, -0.1) is 0 Å². The summed E-state index contributed by atoms with van der Waals surface area (Å²) in [6, 6.07) is 3.75. The van der Waals surface area contributed by atoms with Crippen molar-refractivity contribution in [1.29, 1.82) is 0 Å². The van der Waals surface area contributed by atoms with Crippen LogP contribution in [0.1, 0.15) is 44.6 Å². The van der Waals surface area contributed by atoms with E-state index in [1.54, 1.807) is 26.9 Å². The minimum Gasteiger partial charge on any atom is -0.496 e. The average molecular weight is 376 g/mol. The summed E-state index contributed by atoms with van der Waals surface area (Å²) >= 11 is 0. The molecule has 0 atom stereocenters. The van der Waals surface area contributed by atoms with Crippen LogP contribution >= 0.6 is 0 Å². The van der Waals surface area contributed by atoms with Crippen molar-refractivity contribution in [3.05, 3.63) is 29.3 Å². The van der Waals surface area contributed by atoms with Crippen molar-refractivity contribution in [2.75, 3.05) is 34.4 Å². The zero-order valence-electron chi connectivity index (χ0n) is 17.1. The van der Waals surface area contributed by atoms with Crippen molar-refractivity contribution in [2.24, 2.45) is 4.99 Å². The highest BCUT2D eigenvalue weighted by molar-refractivity contribution is 5.79. The average Bonchev–Trinajstić information content (AvgIpc) is 2.72. The van der Waals surface area contributed by atoms with Crippen LogP contribution in [-0.2, 0) is 6.54 Å². The molecule has 0 aliphatic heterocycles. The molecule has 0 fully saturated rings. The Kier molecular flexibility index (Phi) is 8.81. The number of nitrogens with zero attached hydrogens (tertiary/aromatic N) is 1. The first kappa shape index (κ1) is 20.9. The van der Waals surface area contributed by atoms with Gasteiger partial charge in [-0.1, -0.05) is 11.6 Å². The Morgan fingerprint density at radius 3 is 2.37 bits per heavy atom. The number of allylic oxidation sites excluding steroid dienone is 1. The van der Waals surface area contributed by atoms with E-state index >= 15 is 0 Å². The number of hydrogen-bond donors (Lipinski definition) is 2. The summed E-state index contributed by atoms with van der Waals surface area (Å²) in [7, 11) is 4.89. The van der Waals surface area contributed by atoms with Crippen LogP contribution in [-0.4, -0.2) is 40.4 Å². The van der Waals surface area contributed by atoms with Gasteiger partial charge in [-0.3, -0.25) is 0 Å². The van der Waals surface area contributed by atoms with Crippen LogP contribution < -0.4 is 24.8 Å². The van der Waals surface area contributed by atoms with Crippen LogP contribution in [0.25, 0.3) is 0 Å². The summed E-state index contributed by atoms with van der Waals surface area (Å²) in [5.74, 6) is 2.86. The van der Waals surface area contributed by atoms with Gasteiger partial charge < -0.3 is 24.8 Å². The molecule has 27 heavy (non-hydrogen) atoms. The maximum absolute atomic E-state index is 5.49. The summed E-state index contributed by atoms with van der Waals surface area (Å²) < 4.78 is 16.2. The molecule has 0 saturated heterocycles. The normalized spacial score (nSPS) is 14.4. The Bertz CT molecular complexity index is 656. The summed E-state index contributed by atoms with van der Waals surface area (Å²) in [6.45, 7) is 4.26. The van der Waals surface area contributed by atoms with E-state index < -0.39 is 0 Å². The van der Waals surface area contributed by atoms with Crippen molar-refractivity contribution >= 4 is 5.96 Å². The van der Waals surface area contributed by atoms with Crippen molar-refractivity contribution in [3.63, 3.8) is 0 Å². The summed E-state index contributed by atoms with van der Waals surface area (Å²) in [6.07, 6.45) is 8.57. The number of nitrogens with one attached hydrogen (secondary N) is 2. The van der Waals surface area contributed by atoms with Crippen molar-refractivity contribution in [3.8, 4) is 17.2 Å². The van der Waals surface area contributed by atoms with Crippen molar-refractivity contribution in [2.45, 2.75) is 45.6 Å². The number of aliphatic imine (C=N–C) groups is 1. The van der Waals surface area contributed by atoms with Gasteiger partial charge in [0.05, 0.1) is 27.9 Å². The third kappa shape index (κ3) is 6.38. The molecule has 1 aromatic rings. The van der Waals surface area contributed by atoms with Crippen molar-refractivity contribution in [1.82, 2.24) is 10.6 Å². The van der Waals surface area contributed by atoms with E-state index in [1.165, 1.54) is 25.7 Å². The molecule has 0 spiro atoms. The lowest BCUT2D eigenvalue weighted by atomic mass is 9.97. The van der Waals surface area contributed by atoms with Crippen LogP contribution in [0.4, 0.5) is 0 Å². The van der Waals surface area contributed by atoms with Crippen LogP contribution in [0.2, 0.25) is 0 Å². The first-order valence-corrected chi connectivity index (χ1v) is 9.70. The second kappa shape index (κ2) is 11.4. The van der Waals surface area contributed by atoms with Crippen LogP contribution in [0.15, 0.2) is 28.8 Å². The van der Waals surface area contributed by atoms with Gasteiger partial charge in [-0.25, -0.2) is 4.99 Å². The number of benzene rings is 1. The SMILES string of the molecule is CCNC(=NCc1cc(OC)c(OC)cc1OC)NCCC1=CCCCC1. The highest BCUT2D eigenvalue weighted by atomic mass is 16.5. The number of rotatable bonds is 9. The quantitative estimate of drug-likeness (QED) is 0.392. The van der Waals surface area contributed by atoms with Gasteiger partial charge in [0.1, 0.15) is 5.75 Å². The molecule has 6 nitrogen and oxygen atoms in total. The lowest BCUT2D eigenvalue weighted by Gasteiger charge is -2.16. The highest BCUT2D eigenvalue weighted by Gasteiger charge is 2.12. The third-order valence-electron chi connectivity index (χ3n) is 4.66. The Morgan fingerprint density at radius 2 is 1.74 bits per heavy atom. The topological polar surface area (TPSA) is 64.1 Å². The molecule has 0 heterocycles. The molecule has 0 amide bonds. The zero-order chi connectivity index (χ0) is 19.5. The van der Waals surface area contributed by atoms with Crippen LogP contribution in [0, 0.1) is 0 Å². The van der Waals surface area contributed by atoms with Crippen molar-refractivity contribution < 1.29 is 14.2 Å². The molecule has 2 N–H and O–H groups in total. The molecule has 1 aliphatic carbocycles. The number of hydrogen-bond acceptors (Lipinski definition) is 4. The molecule has 0 saturated carbocycles. The lowest BCUT2D eigenvalue weighted by Crippen LogP contribution is -2.37. The molecule has 2 rings (SSSR count). The molecule has 150 valence electrons.